The Balaban J connectivity index is 1.64. The average Bonchev–Trinajstić information content (AvgIpc) is 3.08. The highest BCUT2D eigenvalue weighted by molar-refractivity contribution is 5.77. The van der Waals surface area contributed by atoms with Crippen LogP contribution < -0.4 is 10.1 Å². The first kappa shape index (κ1) is 18.6. The molecule has 0 saturated heterocycles. The quantitative estimate of drug-likeness (QED) is 0.693. The lowest BCUT2D eigenvalue weighted by Crippen LogP contribution is -2.32. The first-order chi connectivity index (χ1) is 13.0. The number of benzene rings is 2. The van der Waals surface area contributed by atoms with Gasteiger partial charge >= 0.3 is 0 Å². The summed E-state index contributed by atoms with van der Waals surface area (Å²) in [7, 11) is 1.82. The van der Waals surface area contributed by atoms with E-state index in [4.69, 9.17) is 4.74 Å². The minimum Gasteiger partial charge on any atom is -0.493 e. The van der Waals surface area contributed by atoms with Crippen molar-refractivity contribution in [2.24, 2.45) is 7.05 Å². The van der Waals surface area contributed by atoms with Crippen molar-refractivity contribution in [3.05, 3.63) is 83.9 Å². The Hall–Kier alpha value is -3.22. The van der Waals surface area contributed by atoms with Gasteiger partial charge in [-0.2, -0.15) is 0 Å². The van der Waals surface area contributed by atoms with Gasteiger partial charge in [-0.3, -0.25) is 4.79 Å². The Bertz CT molecular complexity index is 892. The summed E-state index contributed by atoms with van der Waals surface area (Å²) in [6.45, 7) is 0.147. The first-order valence-corrected chi connectivity index (χ1v) is 8.43. The first-order valence-electron chi connectivity index (χ1n) is 8.43. The molecule has 3 rings (SSSR count). The van der Waals surface area contributed by atoms with Gasteiger partial charge < -0.3 is 14.6 Å². The van der Waals surface area contributed by atoms with Crippen molar-refractivity contribution in [3.63, 3.8) is 0 Å². The number of hydrogen-bond donors (Lipinski definition) is 1. The number of hydrogen-bond acceptors (Lipinski definition) is 3. The van der Waals surface area contributed by atoms with E-state index in [9.17, 15) is 13.6 Å². The molecule has 2 aromatic carbocycles. The van der Waals surface area contributed by atoms with E-state index in [1.54, 1.807) is 29.1 Å². The number of aryl methyl sites for hydroxylation is 1. The van der Waals surface area contributed by atoms with Crippen LogP contribution in [0.15, 0.2) is 60.9 Å². The lowest BCUT2D eigenvalue weighted by Gasteiger charge is -2.19. The van der Waals surface area contributed by atoms with E-state index in [2.05, 4.69) is 10.3 Å². The van der Waals surface area contributed by atoms with Gasteiger partial charge in [-0.25, -0.2) is 13.8 Å². The van der Waals surface area contributed by atoms with Crippen molar-refractivity contribution < 1.29 is 18.3 Å². The zero-order chi connectivity index (χ0) is 19.2. The molecule has 1 N–H and O–H groups in total. The summed E-state index contributed by atoms with van der Waals surface area (Å²) in [6, 6.07) is 11.0. The molecule has 0 fully saturated rings. The molecular weight excluding hydrogens is 352 g/mol. The van der Waals surface area contributed by atoms with Gasteiger partial charge in [-0.15, -0.1) is 0 Å². The molecule has 1 amide bonds. The molecule has 0 aliphatic rings. The van der Waals surface area contributed by atoms with Gasteiger partial charge in [0.2, 0.25) is 5.91 Å². The van der Waals surface area contributed by atoms with E-state index >= 15 is 0 Å². The molecule has 0 spiro atoms. The monoisotopic (exact) mass is 371 g/mol. The minimum atomic E-state index is -0.510. The zero-order valence-corrected chi connectivity index (χ0v) is 14.7. The highest BCUT2D eigenvalue weighted by Crippen LogP contribution is 2.21. The second kappa shape index (κ2) is 8.44. The molecule has 7 heteroatoms. The lowest BCUT2D eigenvalue weighted by atomic mass is 10.1. The van der Waals surface area contributed by atoms with E-state index in [1.807, 2.05) is 7.05 Å². The van der Waals surface area contributed by atoms with E-state index < -0.39 is 6.04 Å². The number of amides is 1. The number of nitrogens with one attached hydrogen (secondary N) is 1. The third kappa shape index (κ3) is 4.91. The van der Waals surface area contributed by atoms with Gasteiger partial charge in [0.15, 0.2) is 0 Å². The Morgan fingerprint density at radius 2 is 1.74 bits per heavy atom. The molecule has 0 bridgehead atoms. The highest BCUT2D eigenvalue weighted by atomic mass is 19.1. The number of halogens is 2. The summed E-state index contributed by atoms with van der Waals surface area (Å²) in [5.41, 5.74) is 0.721. The molecule has 0 aliphatic heterocycles. The third-order valence-electron chi connectivity index (χ3n) is 4.04. The van der Waals surface area contributed by atoms with Crippen molar-refractivity contribution in [1.82, 2.24) is 14.9 Å². The van der Waals surface area contributed by atoms with Gasteiger partial charge in [-0.05, 0) is 42.0 Å². The largest absolute Gasteiger partial charge is 0.493 e. The number of carbonyl (C=O) groups excluding carboxylic acids is 1. The Kier molecular flexibility index (Phi) is 5.80. The predicted molar refractivity (Wildman–Crippen MR) is 96.1 cm³/mol. The molecule has 0 saturated carbocycles. The fraction of sp³-hybridized carbons (Fsp3) is 0.200. The Morgan fingerprint density at radius 3 is 2.33 bits per heavy atom. The van der Waals surface area contributed by atoms with Crippen LogP contribution in [0.3, 0.4) is 0 Å². The van der Waals surface area contributed by atoms with Crippen LogP contribution in [0.2, 0.25) is 0 Å². The number of carbonyl (C=O) groups is 1. The minimum absolute atomic E-state index is 0.111. The maximum atomic E-state index is 13.2. The number of ether oxygens (including phenoxy) is 1. The van der Waals surface area contributed by atoms with Gasteiger partial charge in [0, 0.05) is 19.4 Å². The van der Waals surface area contributed by atoms with Crippen LogP contribution in [0.5, 0.6) is 5.75 Å². The van der Waals surface area contributed by atoms with Crippen LogP contribution in [0, 0.1) is 11.6 Å². The summed E-state index contributed by atoms with van der Waals surface area (Å²) in [6.07, 6.45) is 3.52. The van der Waals surface area contributed by atoms with Crippen molar-refractivity contribution in [2.45, 2.75) is 12.5 Å². The maximum absolute atomic E-state index is 13.2. The van der Waals surface area contributed by atoms with Crippen LogP contribution in [0.4, 0.5) is 8.78 Å². The molecule has 140 valence electrons. The SMILES string of the molecule is Cn1ccnc1C(NC(=O)CCOc1ccc(F)cc1)c1ccc(F)cc1. The van der Waals surface area contributed by atoms with Gasteiger partial charge in [-0.1, -0.05) is 12.1 Å². The lowest BCUT2D eigenvalue weighted by molar-refractivity contribution is -0.122. The van der Waals surface area contributed by atoms with Crippen LogP contribution in [0.25, 0.3) is 0 Å². The Morgan fingerprint density at radius 1 is 1.11 bits per heavy atom. The molecule has 1 aromatic heterocycles. The third-order valence-corrected chi connectivity index (χ3v) is 4.04. The summed E-state index contributed by atoms with van der Waals surface area (Å²) in [5.74, 6) is 0.181. The molecule has 0 aliphatic carbocycles. The van der Waals surface area contributed by atoms with Crippen LogP contribution >= 0.6 is 0 Å². The topological polar surface area (TPSA) is 56.2 Å². The molecular formula is C20H19F2N3O2. The van der Waals surface area contributed by atoms with Crippen molar-refractivity contribution in [3.8, 4) is 5.75 Å². The smallest absolute Gasteiger partial charge is 0.224 e. The zero-order valence-electron chi connectivity index (χ0n) is 14.7. The van der Waals surface area contributed by atoms with Gasteiger partial charge in [0.25, 0.3) is 0 Å². The fourth-order valence-corrected chi connectivity index (χ4v) is 2.63. The normalized spacial score (nSPS) is 11.8. The predicted octanol–water partition coefficient (Wildman–Crippen LogP) is 3.37. The number of imidazole rings is 1. The van der Waals surface area contributed by atoms with E-state index in [0.29, 0.717) is 11.6 Å². The number of rotatable bonds is 7. The molecule has 3 aromatic rings. The summed E-state index contributed by atoms with van der Waals surface area (Å²) in [5, 5.41) is 2.91. The van der Waals surface area contributed by atoms with E-state index in [-0.39, 0.29) is 30.6 Å². The Labute approximate surface area is 155 Å². The number of nitrogens with zero attached hydrogens (tertiary/aromatic N) is 2. The number of aromatic nitrogens is 2. The van der Waals surface area contributed by atoms with E-state index in [1.165, 1.54) is 36.4 Å². The van der Waals surface area contributed by atoms with Crippen LogP contribution in [0.1, 0.15) is 23.9 Å². The maximum Gasteiger partial charge on any atom is 0.224 e. The van der Waals surface area contributed by atoms with Crippen molar-refractivity contribution >= 4 is 5.91 Å². The van der Waals surface area contributed by atoms with Crippen molar-refractivity contribution in [2.75, 3.05) is 6.61 Å². The van der Waals surface area contributed by atoms with Crippen LogP contribution in [-0.4, -0.2) is 22.1 Å². The molecule has 1 heterocycles. The van der Waals surface area contributed by atoms with Gasteiger partial charge in [0.1, 0.15) is 29.3 Å². The second-order valence-electron chi connectivity index (χ2n) is 6.00. The summed E-state index contributed by atoms with van der Waals surface area (Å²) < 4.78 is 33.4. The second-order valence-corrected chi connectivity index (χ2v) is 6.00. The molecule has 27 heavy (non-hydrogen) atoms. The van der Waals surface area contributed by atoms with Crippen LogP contribution in [-0.2, 0) is 11.8 Å². The average molecular weight is 371 g/mol. The summed E-state index contributed by atoms with van der Waals surface area (Å²) in [4.78, 5) is 16.7. The van der Waals surface area contributed by atoms with Crippen molar-refractivity contribution in [1.29, 1.82) is 0 Å². The highest BCUT2D eigenvalue weighted by Gasteiger charge is 2.20. The molecule has 5 nitrogen and oxygen atoms in total. The van der Waals surface area contributed by atoms with Gasteiger partial charge in [0.05, 0.1) is 13.0 Å². The van der Waals surface area contributed by atoms with E-state index in [0.717, 1.165) is 5.56 Å². The molecule has 1 unspecified atom stereocenters. The summed E-state index contributed by atoms with van der Waals surface area (Å²) >= 11 is 0. The fourth-order valence-electron chi connectivity index (χ4n) is 2.63. The molecule has 0 radical (unpaired) electrons. The molecule has 1 atom stereocenters. The standard InChI is InChI=1S/C20H19F2N3O2/c1-25-12-11-23-20(25)19(14-2-4-15(21)5-3-14)24-18(26)10-13-27-17-8-6-16(22)7-9-17/h2-9,11-12,19H,10,13H2,1H3,(H,24,26).